The fourth-order valence-corrected chi connectivity index (χ4v) is 5.82. The van der Waals surface area contributed by atoms with Crippen LogP contribution >= 0.6 is 23.2 Å². The molecule has 0 bridgehead atoms. The molecule has 2 N–H and O–H groups in total. The number of amides is 1. The highest BCUT2D eigenvalue weighted by Gasteiger charge is 2.25. The van der Waals surface area contributed by atoms with E-state index in [1.165, 1.54) is 0 Å². The summed E-state index contributed by atoms with van der Waals surface area (Å²) in [6, 6.07) is 11.4. The van der Waals surface area contributed by atoms with E-state index < -0.39 is 0 Å². The molecule has 0 atom stereocenters. The molecule has 0 radical (unpaired) electrons. The Labute approximate surface area is 254 Å². The lowest BCUT2D eigenvalue weighted by Crippen LogP contribution is -2.45. The van der Waals surface area contributed by atoms with E-state index in [0.717, 1.165) is 24.4 Å². The summed E-state index contributed by atoms with van der Waals surface area (Å²) in [5.74, 6) is 0.450. The van der Waals surface area contributed by atoms with Gasteiger partial charge >= 0.3 is 0 Å². The first-order chi connectivity index (χ1) is 20.3. The summed E-state index contributed by atoms with van der Waals surface area (Å²) >= 11 is 13.8. The molecule has 0 aliphatic carbocycles. The number of halogens is 2. The van der Waals surface area contributed by atoms with Gasteiger partial charge in [0.1, 0.15) is 5.69 Å². The van der Waals surface area contributed by atoms with Crippen molar-refractivity contribution in [2.24, 2.45) is 7.05 Å². The highest BCUT2D eigenvalue weighted by molar-refractivity contribution is 6.39. The molecule has 12 heteroatoms. The molecule has 4 heterocycles. The third-order valence-corrected chi connectivity index (χ3v) is 8.48. The number of nitrogens with zero attached hydrogens (tertiary/aromatic N) is 5. The Morgan fingerprint density at radius 2 is 1.81 bits per heavy atom. The van der Waals surface area contributed by atoms with Crippen molar-refractivity contribution in [3.8, 4) is 28.3 Å². The van der Waals surface area contributed by atoms with Crippen LogP contribution in [0.25, 0.3) is 22.4 Å². The summed E-state index contributed by atoms with van der Waals surface area (Å²) in [5.41, 5.74) is 5.80. The molecule has 2 aromatic heterocycles. The molecule has 2 aliphatic rings. The van der Waals surface area contributed by atoms with Gasteiger partial charge in [0.2, 0.25) is 5.88 Å². The van der Waals surface area contributed by atoms with Crippen LogP contribution in [-0.2, 0) is 31.3 Å². The van der Waals surface area contributed by atoms with Gasteiger partial charge in [0, 0.05) is 55.5 Å². The normalized spacial score (nSPS) is 15.3. The first-order valence-electron chi connectivity index (χ1n) is 13.7. The van der Waals surface area contributed by atoms with Crippen LogP contribution in [0.2, 0.25) is 10.0 Å². The minimum Gasteiger partial charge on any atom is -0.480 e. The lowest BCUT2D eigenvalue weighted by Gasteiger charge is -2.26. The molecule has 0 unspecified atom stereocenters. The Kier molecular flexibility index (Phi) is 8.15. The molecule has 1 amide bonds. The standard InChI is InChI=1S/C30H31Cl2N7O3/c1-38-11-10-25-24(14-38)35-28(39(25)2)29(40)36-21-9-5-7-19(27(21)32)18-6-4-8-20(26(18)31)22-12-34-23(30(37-22)41-3)13-33-17-15-42-16-17/h4-9,12,17,33H,10-11,13-16H2,1-3H3,(H,36,40). The average molecular weight is 609 g/mol. The van der Waals surface area contributed by atoms with E-state index in [1.54, 1.807) is 19.4 Å². The van der Waals surface area contributed by atoms with Crippen molar-refractivity contribution >= 4 is 34.8 Å². The van der Waals surface area contributed by atoms with Gasteiger partial charge in [-0.3, -0.25) is 9.78 Å². The first-order valence-corrected chi connectivity index (χ1v) is 14.4. The number of imidazole rings is 1. The van der Waals surface area contributed by atoms with Gasteiger partial charge in [-0.1, -0.05) is 53.5 Å². The van der Waals surface area contributed by atoms with Gasteiger partial charge in [-0.15, -0.1) is 0 Å². The van der Waals surface area contributed by atoms with Crippen molar-refractivity contribution in [1.82, 2.24) is 29.7 Å². The summed E-state index contributed by atoms with van der Waals surface area (Å²) < 4.78 is 12.6. The van der Waals surface area contributed by atoms with Crippen LogP contribution in [0, 0.1) is 0 Å². The second-order valence-corrected chi connectivity index (χ2v) is 11.2. The summed E-state index contributed by atoms with van der Waals surface area (Å²) in [7, 11) is 5.49. The Morgan fingerprint density at radius 1 is 1.07 bits per heavy atom. The number of aromatic nitrogens is 4. The van der Waals surface area contributed by atoms with Gasteiger partial charge in [0.15, 0.2) is 5.82 Å². The molecule has 1 fully saturated rings. The zero-order valence-electron chi connectivity index (χ0n) is 23.6. The fourth-order valence-electron chi connectivity index (χ4n) is 5.22. The van der Waals surface area contributed by atoms with E-state index in [-0.39, 0.29) is 5.91 Å². The fraction of sp³-hybridized carbons (Fsp3) is 0.333. The topological polar surface area (TPSA) is 106 Å². The molecule has 6 rings (SSSR count). The van der Waals surface area contributed by atoms with Crippen LogP contribution in [-0.4, -0.2) is 70.3 Å². The highest BCUT2D eigenvalue weighted by atomic mass is 35.5. The maximum Gasteiger partial charge on any atom is 0.291 e. The minimum atomic E-state index is -0.324. The van der Waals surface area contributed by atoms with E-state index in [2.05, 4.69) is 30.5 Å². The van der Waals surface area contributed by atoms with E-state index >= 15 is 0 Å². The quantitative estimate of drug-likeness (QED) is 0.300. The number of rotatable bonds is 8. The van der Waals surface area contributed by atoms with Gasteiger partial charge in [-0.2, -0.15) is 0 Å². The smallest absolute Gasteiger partial charge is 0.291 e. The molecule has 42 heavy (non-hydrogen) atoms. The number of hydrogen-bond donors (Lipinski definition) is 2. The summed E-state index contributed by atoms with van der Waals surface area (Å²) in [6.45, 7) is 3.54. The monoisotopic (exact) mass is 607 g/mol. The number of benzene rings is 2. The number of ether oxygens (including phenoxy) is 2. The molecule has 0 spiro atoms. The van der Waals surface area contributed by atoms with Gasteiger partial charge in [0.25, 0.3) is 5.91 Å². The molecule has 218 valence electrons. The Bertz CT molecular complexity index is 1650. The van der Waals surface area contributed by atoms with E-state index in [4.69, 9.17) is 32.7 Å². The van der Waals surface area contributed by atoms with Gasteiger partial charge in [-0.25, -0.2) is 9.97 Å². The number of fused-ring (bicyclic) bond motifs is 1. The Hall–Kier alpha value is -3.54. The number of hydrogen-bond acceptors (Lipinski definition) is 8. The number of carbonyl (C=O) groups excluding carboxylic acids is 1. The molecule has 4 aromatic rings. The van der Waals surface area contributed by atoms with Gasteiger partial charge in [0.05, 0.1) is 59.7 Å². The van der Waals surface area contributed by atoms with Crippen LogP contribution in [0.1, 0.15) is 27.7 Å². The van der Waals surface area contributed by atoms with E-state index in [9.17, 15) is 4.79 Å². The molecule has 0 saturated carbocycles. The summed E-state index contributed by atoms with van der Waals surface area (Å²) in [6.07, 6.45) is 2.53. The van der Waals surface area contributed by atoms with Crippen molar-refractivity contribution in [2.75, 3.05) is 39.2 Å². The number of methoxy groups -OCH3 is 1. The van der Waals surface area contributed by atoms with Crippen molar-refractivity contribution < 1.29 is 14.3 Å². The second kappa shape index (κ2) is 12.0. The zero-order valence-corrected chi connectivity index (χ0v) is 25.1. The molecule has 1 saturated heterocycles. The maximum absolute atomic E-state index is 13.3. The predicted octanol–water partition coefficient (Wildman–Crippen LogP) is 4.59. The largest absolute Gasteiger partial charge is 0.480 e. The zero-order chi connectivity index (χ0) is 29.4. The lowest BCUT2D eigenvalue weighted by atomic mass is 10.0. The Morgan fingerprint density at radius 3 is 2.55 bits per heavy atom. The lowest BCUT2D eigenvalue weighted by molar-refractivity contribution is -0.00599. The highest BCUT2D eigenvalue weighted by Crippen LogP contribution is 2.41. The third kappa shape index (κ3) is 5.48. The maximum atomic E-state index is 13.3. The van der Waals surface area contributed by atoms with Crippen molar-refractivity contribution in [2.45, 2.75) is 25.6 Å². The van der Waals surface area contributed by atoms with Crippen LogP contribution in [0.3, 0.4) is 0 Å². The van der Waals surface area contributed by atoms with Crippen LogP contribution in [0.4, 0.5) is 5.69 Å². The second-order valence-electron chi connectivity index (χ2n) is 10.5. The third-order valence-electron chi connectivity index (χ3n) is 7.66. The predicted molar refractivity (Wildman–Crippen MR) is 162 cm³/mol. The van der Waals surface area contributed by atoms with Crippen LogP contribution in [0.5, 0.6) is 5.88 Å². The average Bonchev–Trinajstić information content (AvgIpc) is 3.29. The molecule has 2 aromatic carbocycles. The van der Waals surface area contributed by atoms with Crippen LogP contribution < -0.4 is 15.4 Å². The van der Waals surface area contributed by atoms with Gasteiger partial charge in [-0.05, 0) is 13.1 Å². The van der Waals surface area contributed by atoms with Crippen molar-refractivity contribution in [1.29, 1.82) is 0 Å². The number of anilines is 1. The van der Waals surface area contributed by atoms with Gasteiger partial charge < -0.3 is 29.6 Å². The van der Waals surface area contributed by atoms with E-state index in [0.29, 0.717) is 87.9 Å². The Balaban J connectivity index is 1.27. The van der Waals surface area contributed by atoms with Crippen molar-refractivity contribution in [3.05, 3.63) is 75.5 Å². The molecular weight excluding hydrogens is 577 g/mol. The minimum absolute atomic E-state index is 0.309. The van der Waals surface area contributed by atoms with E-state index in [1.807, 2.05) is 49.0 Å². The number of likely N-dealkylation sites (N-methyl/N-ethyl adjacent to an activating group) is 1. The van der Waals surface area contributed by atoms with Crippen LogP contribution in [0.15, 0.2) is 42.6 Å². The van der Waals surface area contributed by atoms with Crippen molar-refractivity contribution in [3.63, 3.8) is 0 Å². The SMILES string of the molecule is COc1nc(-c2cccc(-c3cccc(NC(=O)c4nc5c(n4C)CCN(C)C5)c3Cl)c2Cl)cnc1CNC1COC1. The number of carbonyl (C=O) groups is 1. The molecule has 2 aliphatic heterocycles. The molecule has 10 nitrogen and oxygen atoms in total. The number of nitrogens with one attached hydrogen (secondary N) is 2. The summed E-state index contributed by atoms with van der Waals surface area (Å²) in [4.78, 5) is 29.4. The molecular formula is C30H31Cl2N7O3. The summed E-state index contributed by atoms with van der Waals surface area (Å²) in [5, 5.41) is 7.15. The first kappa shape index (κ1) is 28.6.